The summed E-state index contributed by atoms with van der Waals surface area (Å²) in [4.78, 5) is 20.5. The lowest BCUT2D eigenvalue weighted by Crippen LogP contribution is -2.25. The van der Waals surface area contributed by atoms with Gasteiger partial charge in [0, 0.05) is 6.54 Å². The molecule has 0 amide bonds. The number of carbonyl (C=O) groups excluding carboxylic acids is 1. The van der Waals surface area contributed by atoms with Crippen molar-refractivity contribution in [2.75, 3.05) is 6.54 Å². The molecule has 13 heavy (non-hydrogen) atoms. The van der Waals surface area contributed by atoms with Gasteiger partial charge in [0.2, 0.25) is 5.90 Å². The smallest absolute Gasteiger partial charge is 0.320 e. The van der Waals surface area contributed by atoms with Crippen molar-refractivity contribution in [3.63, 3.8) is 0 Å². The van der Waals surface area contributed by atoms with Crippen LogP contribution in [0, 0.1) is 11.8 Å². The quantitative estimate of drug-likeness (QED) is 0.531. The Hall–Kier alpha value is -1.36. The zero-order valence-electron chi connectivity index (χ0n) is 6.82. The van der Waals surface area contributed by atoms with E-state index in [1.807, 2.05) is 0 Å². The Morgan fingerprint density at radius 3 is 3.46 bits per heavy atom. The molecule has 5 nitrogen and oxygen atoms in total. The highest BCUT2D eigenvalue weighted by Gasteiger charge is 2.41. The number of ether oxygens (including phenoxy) is 1. The Labute approximate surface area is 74.4 Å². The summed E-state index contributed by atoms with van der Waals surface area (Å²) in [7, 11) is 0. The van der Waals surface area contributed by atoms with Crippen LogP contribution in [0.5, 0.6) is 0 Å². The maximum absolute atomic E-state index is 11.2. The molecule has 0 aromatic carbocycles. The molecule has 0 saturated carbocycles. The molecule has 3 aliphatic heterocycles. The van der Waals surface area contributed by atoms with Gasteiger partial charge in [0.15, 0.2) is 0 Å². The van der Waals surface area contributed by atoms with Gasteiger partial charge in [-0.05, 0) is 6.42 Å². The Balaban J connectivity index is 1.98. The van der Waals surface area contributed by atoms with Crippen molar-refractivity contribution in [1.82, 2.24) is 5.48 Å². The number of cyclic esters (lactones) is 1. The van der Waals surface area contributed by atoms with Crippen molar-refractivity contribution >= 4 is 11.9 Å². The molecule has 0 spiro atoms. The van der Waals surface area contributed by atoms with E-state index in [0.717, 1.165) is 13.0 Å². The summed E-state index contributed by atoms with van der Waals surface area (Å²) in [6.45, 7) is 0.732. The highest BCUT2D eigenvalue weighted by molar-refractivity contribution is 5.87. The topological polar surface area (TPSA) is 59.9 Å². The highest BCUT2D eigenvalue weighted by Crippen LogP contribution is 2.34. The van der Waals surface area contributed by atoms with Gasteiger partial charge in [0.1, 0.15) is 12.2 Å². The van der Waals surface area contributed by atoms with Crippen LogP contribution in [0.2, 0.25) is 0 Å². The van der Waals surface area contributed by atoms with Gasteiger partial charge in [-0.3, -0.25) is 4.79 Å². The number of rotatable bonds is 0. The predicted octanol–water partition coefficient (Wildman–Crippen LogP) is -0.0460. The molecule has 1 fully saturated rings. The van der Waals surface area contributed by atoms with E-state index in [1.54, 1.807) is 0 Å². The second kappa shape index (κ2) is 2.32. The third kappa shape index (κ3) is 0.904. The number of hydrogen-bond acceptors (Lipinski definition) is 5. The fourth-order valence-electron chi connectivity index (χ4n) is 1.82. The molecular formula is C8H8N2O3. The summed E-state index contributed by atoms with van der Waals surface area (Å²) in [6, 6.07) is 0. The van der Waals surface area contributed by atoms with Crippen LogP contribution in [0.4, 0.5) is 0 Å². The monoisotopic (exact) mass is 180 g/mol. The summed E-state index contributed by atoms with van der Waals surface area (Å²) < 4.78 is 4.78. The highest BCUT2D eigenvalue weighted by atomic mass is 16.7. The van der Waals surface area contributed by atoms with Crippen LogP contribution in [0.3, 0.4) is 0 Å². The molecule has 1 saturated heterocycles. The number of hydrogen-bond donors (Lipinski definition) is 1. The van der Waals surface area contributed by atoms with E-state index in [2.05, 4.69) is 10.5 Å². The molecular weight excluding hydrogens is 172 g/mol. The lowest BCUT2D eigenvalue weighted by molar-refractivity contribution is -0.139. The van der Waals surface area contributed by atoms with Gasteiger partial charge in [-0.25, -0.2) is 4.99 Å². The van der Waals surface area contributed by atoms with Gasteiger partial charge in [-0.2, -0.15) is 5.48 Å². The maximum atomic E-state index is 11.2. The van der Waals surface area contributed by atoms with E-state index in [9.17, 15) is 4.79 Å². The fraction of sp³-hybridized carbons (Fsp3) is 0.500. The van der Waals surface area contributed by atoms with Crippen molar-refractivity contribution in [3.05, 3.63) is 12.0 Å². The van der Waals surface area contributed by atoms with E-state index in [0.29, 0.717) is 11.6 Å². The third-order valence-corrected chi connectivity index (χ3v) is 2.55. The van der Waals surface area contributed by atoms with Gasteiger partial charge in [0.25, 0.3) is 0 Å². The average Bonchev–Trinajstić information content (AvgIpc) is 2.70. The lowest BCUT2D eigenvalue weighted by Gasteiger charge is -2.17. The minimum atomic E-state index is -0.190. The first kappa shape index (κ1) is 7.08. The first-order valence-corrected chi connectivity index (χ1v) is 4.23. The maximum Gasteiger partial charge on any atom is 0.320 e. The fourth-order valence-corrected chi connectivity index (χ4v) is 1.82. The standard InChI is InChI=1S/C8H8N2O3/c11-8-5-1-4-2-9-13-7(4)10-6(5)3-12-8/h3-5,9H,1-2H2. The number of hydroxylamine groups is 1. The summed E-state index contributed by atoms with van der Waals surface area (Å²) >= 11 is 0. The average molecular weight is 180 g/mol. The van der Waals surface area contributed by atoms with Crippen molar-refractivity contribution in [2.24, 2.45) is 16.8 Å². The second-order valence-electron chi connectivity index (χ2n) is 3.37. The van der Waals surface area contributed by atoms with E-state index >= 15 is 0 Å². The minimum Gasteiger partial charge on any atom is -0.432 e. The molecule has 2 unspecified atom stereocenters. The van der Waals surface area contributed by atoms with E-state index < -0.39 is 0 Å². The summed E-state index contributed by atoms with van der Waals surface area (Å²) in [6.07, 6.45) is 2.16. The molecule has 0 aromatic heterocycles. The van der Waals surface area contributed by atoms with Gasteiger partial charge < -0.3 is 9.57 Å². The number of aliphatic imine (C=N–C) groups is 1. The number of fused-ring (bicyclic) bond motifs is 2. The number of nitrogens with zero attached hydrogens (tertiary/aromatic N) is 1. The zero-order valence-corrected chi connectivity index (χ0v) is 6.82. The van der Waals surface area contributed by atoms with Crippen molar-refractivity contribution < 1.29 is 14.4 Å². The van der Waals surface area contributed by atoms with Gasteiger partial charge in [-0.1, -0.05) is 0 Å². The number of nitrogens with one attached hydrogen (secondary N) is 1. The van der Waals surface area contributed by atoms with Crippen molar-refractivity contribution in [1.29, 1.82) is 0 Å². The molecule has 0 radical (unpaired) electrons. The third-order valence-electron chi connectivity index (χ3n) is 2.55. The molecule has 0 aliphatic carbocycles. The largest absolute Gasteiger partial charge is 0.432 e. The lowest BCUT2D eigenvalue weighted by atomic mass is 9.90. The van der Waals surface area contributed by atoms with E-state index in [-0.39, 0.29) is 17.8 Å². The van der Waals surface area contributed by atoms with Crippen LogP contribution >= 0.6 is 0 Å². The van der Waals surface area contributed by atoms with E-state index in [4.69, 9.17) is 9.57 Å². The first-order chi connectivity index (χ1) is 6.34. The normalized spacial score (nSPS) is 35.5. The van der Waals surface area contributed by atoms with Crippen molar-refractivity contribution in [2.45, 2.75) is 6.42 Å². The molecule has 3 rings (SSSR count). The summed E-state index contributed by atoms with van der Waals surface area (Å²) in [5.41, 5.74) is 3.45. The Morgan fingerprint density at radius 2 is 2.54 bits per heavy atom. The van der Waals surface area contributed by atoms with Crippen LogP contribution in [-0.2, 0) is 14.4 Å². The summed E-state index contributed by atoms with van der Waals surface area (Å²) in [5, 5.41) is 0. The molecule has 2 atom stereocenters. The molecule has 3 aliphatic rings. The first-order valence-electron chi connectivity index (χ1n) is 4.23. The Morgan fingerprint density at radius 1 is 1.62 bits per heavy atom. The molecule has 1 N–H and O–H groups in total. The summed E-state index contributed by atoms with van der Waals surface area (Å²) in [5.74, 6) is 0.551. The zero-order chi connectivity index (χ0) is 8.84. The minimum absolute atomic E-state index is 0.169. The molecule has 68 valence electrons. The Bertz CT molecular complexity index is 334. The van der Waals surface area contributed by atoms with Crippen LogP contribution < -0.4 is 5.48 Å². The van der Waals surface area contributed by atoms with Crippen LogP contribution in [0.25, 0.3) is 0 Å². The van der Waals surface area contributed by atoms with Crippen molar-refractivity contribution in [3.8, 4) is 0 Å². The second-order valence-corrected chi connectivity index (χ2v) is 3.37. The molecule has 5 heteroatoms. The molecule has 3 heterocycles. The molecule has 0 bridgehead atoms. The van der Waals surface area contributed by atoms with Gasteiger partial charge >= 0.3 is 5.97 Å². The molecule has 0 aromatic rings. The van der Waals surface area contributed by atoms with Crippen LogP contribution in [0.15, 0.2) is 17.0 Å². The predicted molar refractivity (Wildman–Crippen MR) is 42.3 cm³/mol. The van der Waals surface area contributed by atoms with E-state index in [1.165, 1.54) is 6.26 Å². The SMILES string of the molecule is O=C1OC=C2N=C3ONCC3CC12. The van der Waals surface area contributed by atoms with Crippen LogP contribution in [-0.4, -0.2) is 18.4 Å². The number of esters is 1. The number of carbonyl (C=O) groups is 1. The van der Waals surface area contributed by atoms with Crippen LogP contribution in [0.1, 0.15) is 6.42 Å². The Kier molecular flexibility index (Phi) is 1.26. The van der Waals surface area contributed by atoms with Gasteiger partial charge in [-0.15, -0.1) is 0 Å². The van der Waals surface area contributed by atoms with Gasteiger partial charge in [0.05, 0.1) is 11.6 Å².